The molecule has 2 aliphatic rings. The van der Waals surface area contributed by atoms with Crippen molar-refractivity contribution >= 4 is 28.7 Å². The first-order chi connectivity index (χ1) is 16.0. The first kappa shape index (κ1) is 25.0. The van der Waals surface area contributed by atoms with E-state index in [9.17, 15) is 13.4 Å². The Morgan fingerprint density at radius 1 is 1.18 bits per heavy atom. The standard InChI is InChI=1S/C21H26FN5O3S.CH4O/c22-18-10-17(31(23)29)7-8-19(18)27-20-24-11-14(12-25-20)13-5-6-16(9-13)30-21(28)26-15-3-1-2-4-15;1-2/h7-8,10-13,15-16H,1-6,9,23H2,(H,26,28)(H,24,25,27);2H,1H3. The minimum atomic E-state index is -1.74. The van der Waals surface area contributed by atoms with Gasteiger partial charge >= 0.3 is 6.09 Å². The number of rotatable bonds is 6. The number of ether oxygens (including phenoxy) is 1. The second kappa shape index (κ2) is 12.0. The third-order valence-corrected chi connectivity index (χ3v) is 6.62. The summed E-state index contributed by atoms with van der Waals surface area (Å²) in [7, 11) is -0.742. The van der Waals surface area contributed by atoms with Gasteiger partial charge in [-0.25, -0.2) is 28.5 Å². The summed E-state index contributed by atoms with van der Waals surface area (Å²) in [5.41, 5.74) is 1.13. The van der Waals surface area contributed by atoms with Crippen LogP contribution in [0, 0.1) is 5.82 Å². The highest BCUT2D eigenvalue weighted by Crippen LogP contribution is 2.36. The van der Waals surface area contributed by atoms with Gasteiger partial charge in [0, 0.05) is 25.5 Å². The highest BCUT2D eigenvalue weighted by Gasteiger charge is 2.30. The summed E-state index contributed by atoms with van der Waals surface area (Å²) in [5, 5.41) is 18.0. The molecule has 0 saturated heterocycles. The SMILES string of the molecule is CO.NS(=O)c1ccc(Nc2ncc(C3CCC(OC(=O)NC4CCCC4)C3)cn2)c(F)c1. The first-order valence-electron chi connectivity index (χ1n) is 10.9. The number of anilines is 2. The molecule has 0 aliphatic heterocycles. The number of hydrogen-bond acceptors (Lipinski definition) is 7. The Bertz CT molecular complexity index is 956. The average molecular weight is 480 g/mol. The van der Waals surface area contributed by atoms with Crippen molar-refractivity contribution in [3.8, 4) is 0 Å². The summed E-state index contributed by atoms with van der Waals surface area (Å²) in [5.74, 6) is -0.115. The van der Waals surface area contributed by atoms with Crippen molar-refractivity contribution in [2.24, 2.45) is 5.14 Å². The third-order valence-electron chi connectivity index (χ3n) is 5.90. The molecular weight excluding hydrogens is 449 g/mol. The molecule has 2 aliphatic carbocycles. The number of hydrogen-bond donors (Lipinski definition) is 4. The fourth-order valence-electron chi connectivity index (χ4n) is 4.23. The summed E-state index contributed by atoms with van der Waals surface area (Å²) < 4.78 is 31.0. The lowest BCUT2D eigenvalue weighted by Crippen LogP contribution is -2.35. The number of amides is 1. The molecule has 1 heterocycles. The zero-order valence-corrected chi connectivity index (χ0v) is 19.3. The van der Waals surface area contributed by atoms with Gasteiger partial charge in [0.25, 0.3) is 0 Å². The van der Waals surface area contributed by atoms with Gasteiger partial charge in [-0.15, -0.1) is 0 Å². The maximum absolute atomic E-state index is 14.1. The summed E-state index contributed by atoms with van der Waals surface area (Å²) in [6, 6.07) is 4.30. The monoisotopic (exact) mass is 479 g/mol. The van der Waals surface area contributed by atoms with Crippen LogP contribution in [0.5, 0.6) is 0 Å². The van der Waals surface area contributed by atoms with Gasteiger partial charge in [-0.3, -0.25) is 0 Å². The number of aromatic nitrogens is 2. The van der Waals surface area contributed by atoms with Crippen LogP contribution in [0.25, 0.3) is 0 Å². The van der Waals surface area contributed by atoms with Crippen molar-refractivity contribution in [2.45, 2.75) is 67.9 Å². The predicted octanol–water partition coefficient (Wildman–Crippen LogP) is 3.25. The van der Waals surface area contributed by atoms with E-state index in [-0.39, 0.29) is 40.7 Å². The van der Waals surface area contributed by atoms with E-state index < -0.39 is 16.8 Å². The molecule has 3 atom stereocenters. The van der Waals surface area contributed by atoms with Crippen LogP contribution in [-0.4, -0.2) is 44.6 Å². The van der Waals surface area contributed by atoms with E-state index in [1.54, 1.807) is 12.4 Å². The van der Waals surface area contributed by atoms with Gasteiger partial charge < -0.3 is 20.5 Å². The van der Waals surface area contributed by atoms with Crippen LogP contribution in [0.1, 0.15) is 56.4 Å². The van der Waals surface area contributed by atoms with Gasteiger partial charge in [0.05, 0.1) is 10.6 Å². The Morgan fingerprint density at radius 2 is 1.88 bits per heavy atom. The molecule has 3 unspecified atom stereocenters. The lowest BCUT2D eigenvalue weighted by atomic mass is 10.0. The fourth-order valence-corrected chi connectivity index (χ4v) is 4.65. The molecule has 1 aromatic carbocycles. The maximum Gasteiger partial charge on any atom is 0.407 e. The molecule has 0 spiro atoms. The average Bonchev–Trinajstić information content (AvgIpc) is 3.49. The van der Waals surface area contributed by atoms with Crippen molar-refractivity contribution in [2.75, 3.05) is 12.4 Å². The van der Waals surface area contributed by atoms with Crippen molar-refractivity contribution in [1.29, 1.82) is 0 Å². The van der Waals surface area contributed by atoms with Crippen LogP contribution in [0.3, 0.4) is 0 Å². The smallest absolute Gasteiger partial charge is 0.407 e. The number of halogens is 1. The van der Waals surface area contributed by atoms with Gasteiger partial charge in [-0.05, 0) is 61.8 Å². The second-order valence-electron chi connectivity index (χ2n) is 8.07. The summed E-state index contributed by atoms with van der Waals surface area (Å²) in [6.45, 7) is 0. The Hall–Kier alpha value is -2.63. The van der Waals surface area contributed by atoms with E-state index in [1.165, 1.54) is 12.1 Å². The molecule has 5 N–H and O–H groups in total. The van der Waals surface area contributed by atoms with E-state index in [2.05, 4.69) is 20.6 Å². The van der Waals surface area contributed by atoms with Gasteiger partial charge in [-0.2, -0.15) is 0 Å². The minimum Gasteiger partial charge on any atom is -0.446 e. The lowest BCUT2D eigenvalue weighted by Gasteiger charge is -2.16. The van der Waals surface area contributed by atoms with Crippen LogP contribution in [0.15, 0.2) is 35.5 Å². The fraction of sp³-hybridized carbons (Fsp3) is 0.500. The van der Waals surface area contributed by atoms with Crippen LogP contribution in [-0.2, 0) is 15.7 Å². The van der Waals surface area contributed by atoms with E-state index in [4.69, 9.17) is 15.0 Å². The normalized spacial score (nSPS) is 21.1. The Balaban J connectivity index is 0.00000149. The number of nitrogens with one attached hydrogen (secondary N) is 2. The molecule has 0 bridgehead atoms. The van der Waals surface area contributed by atoms with Crippen LogP contribution in [0.4, 0.5) is 20.8 Å². The number of nitrogens with two attached hydrogens (primary N) is 1. The molecule has 0 radical (unpaired) electrons. The Labute approximate surface area is 194 Å². The predicted molar refractivity (Wildman–Crippen MR) is 123 cm³/mol. The van der Waals surface area contributed by atoms with Crippen LogP contribution < -0.4 is 15.8 Å². The molecule has 11 heteroatoms. The number of alkyl carbamates (subject to hydrolysis) is 1. The third kappa shape index (κ3) is 6.92. The largest absolute Gasteiger partial charge is 0.446 e. The van der Waals surface area contributed by atoms with Crippen molar-refractivity contribution in [3.63, 3.8) is 0 Å². The summed E-state index contributed by atoms with van der Waals surface area (Å²) in [6.07, 6.45) is 9.81. The van der Waals surface area contributed by atoms with Crippen molar-refractivity contribution in [1.82, 2.24) is 15.3 Å². The summed E-state index contributed by atoms with van der Waals surface area (Å²) >= 11 is 0. The van der Waals surface area contributed by atoms with E-state index >= 15 is 0 Å². The zero-order chi connectivity index (χ0) is 23.8. The molecule has 1 amide bonds. The molecule has 2 aromatic rings. The number of carbonyl (C=O) groups is 1. The van der Waals surface area contributed by atoms with E-state index in [0.29, 0.717) is 0 Å². The van der Waals surface area contributed by atoms with Crippen molar-refractivity contribution < 1.29 is 23.2 Å². The highest BCUT2D eigenvalue weighted by atomic mass is 32.2. The topological polar surface area (TPSA) is 139 Å². The molecule has 4 rings (SSSR count). The zero-order valence-electron chi connectivity index (χ0n) is 18.5. The van der Waals surface area contributed by atoms with Crippen molar-refractivity contribution in [3.05, 3.63) is 42.0 Å². The second-order valence-corrected chi connectivity index (χ2v) is 9.13. The Morgan fingerprint density at radius 3 is 2.52 bits per heavy atom. The molecule has 1 aromatic heterocycles. The molecule has 2 saturated carbocycles. The molecule has 33 heavy (non-hydrogen) atoms. The van der Waals surface area contributed by atoms with Crippen LogP contribution in [0.2, 0.25) is 0 Å². The lowest BCUT2D eigenvalue weighted by molar-refractivity contribution is 0.0972. The maximum atomic E-state index is 14.1. The van der Waals surface area contributed by atoms with Crippen LogP contribution >= 0.6 is 0 Å². The molecule has 2 fully saturated rings. The number of carbonyl (C=O) groups excluding carboxylic acids is 1. The number of nitrogens with zero attached hydrogens (tertiary/aromatic N) is 2. The first-order valence-corrected chi connectivity index (χ1v) is 12.2. The highest BCUT2D eigenvalue weighted by molar-refractivity contribution is 7.82. The molecular formula is C22H30FN5O4S. The van der Waals surface area contributed by atoms with Gasteiger partial charge in [0.15, 0.2) is 0 Å². The minimum absolute atomic E-state index is 0.107. The van der Waals surface area contributed by atoms with E-state index in [0.717, 1.165) is 63.7 Å². The summed E-state index contributed by atoms with van der Waals surface area (Å²) in [4.78, 5) is 20.8. The van der Waals surface area contributed by atoms with E-state index in [1.807, 2.05) is 0 Å². The van der Waals surface area contributed by atoms with Gasteiger partial charge in [-0.1, -0.05) is 12.8 Å². The molecule has 9 nitrogen and oxygen atoms in total. The van der Waals surface area contributed by atoms with Gasteiger partial charge in [0.2, 0.25) is 5.95 Å². The van der Waals surface area contributed by atoms with Gasteiger partial charge in [0.1, 0.15) is 22.9 Å². The Kier molecular flexibility index (Phi) is 9.10. The quantitative estimate of drug-likeness (QED) is 0.499. The number of benzene rings is 1. The number of aliphatic hydroxyl groups excluding tert-OH is 1. The number of aliphatic hydroxyl groups is 1. The molecule has 180 valence electrons.